The van der Waals surface area contributed by atoms with E-state index in [1.54, 1.807) is 0 Å². The molecule has 0 bridgehead atoms. The lowest BCUT2D eigenvalue weighted by Gasteiger charge is -2.36. The van der Waals surface area contributed by atoms with Crippen molar-refractivity contribution in [2.75, 3.05) is 20.2 Å². The van der Waals surface area contributed by atoms with Crippen LogP contribution in [0, 0.1) is 0 Å². The molecule has 0 aromatic heterocycles. The van der Waals surface area contributed by atoms with E-state index in [-0.39, 0.29) is 12.6 Å². The zero-order valence-corrected chi connectivity index (χ0v) is 8.95. The summed E-state index contributed by atoms with van der Waals surface area (Å²) in [5.41, 5.74) is 0. The third kappa shape index (κ3) is 3.25. The average Bonchev–Trinajstić information content (AvgIpc) is 2.11. The molecule has 0 saturated carbocycles. The zero-order chi connectivity index (χ0) is 9.84. The molecule has 1 saturated heterocycles. The molecule has 1 heterocycles. The molecule has 1 aliphatic rings. The maximum Gasteiger partial charge on any atom is 0.0582 e. The second-order valence-electron chi connectivity index (χ2n) is 4.30. The Kier molecular flexibility index (Phi) is 4.16. The van der Waals surface area contributed by atoms with Crippen molar-refractivity contribution in [3.05, 3.63) is 0 Å². The highest BCUT2D eigenvalue weighted by Crippen LogP contribution is 2.15. The summed E-state index contributed by atoms with van der Waals surface area (Å²) in [6.07, 6.45) is 2.39. The van der Waals surface area contributed by atoms with E-state index in [4.69, 9.17) is 5.11 Å². The largest absolute Gasteiger partial charge is 0.395 e. The average molecular weight is 186 g/mol. The molecule has 0 aromatic rings. The molecule has 0 spiro atoms. The van der Waals surface area contributed by atoms with Gasteiger partial charge >= 0.3 is 0 Å². The molecule has 1 rings (SSSR count). The summed E-state index contributed by atoms with van der Waals surface area (Å²) in [4.78, 5) is 2.39. The summed E-state index contributed by atoms with van der Waals surface area (Å²) in [7, 11) is 2.18. The van der Waals surface area contributed by atoms with Crippen LogP contribution in [0.1, 0.15) is 26.7 Å². The van der Waals surface area contributed by atoms with E-state index >= 15 is 0 Å². The van der Waals surface area contributed by atoms with E-state index in [9.17, 15) is 0 Å². The minimum Gasteiger partial charge on any atom is -0.395 e. The summed E-state index contributed by atoms with van der Waals surface area (Å²) >= 11 is 0. The second kappa shape index (κ2) is 4.94. The van der Waals surface area contributed by atoms with Crippen LogP contribution in [0.3, 0.4) is 0 Å². The van der Waals surface area contributed by atoms with Gasteiger partial charge in [0.15, 0.2) is 0 Å². The van der Waals surface area contributed by atoms with Gasteiger partial charge in [-0.3, -0.25) is 0 Å². The van der Waals surface area contributed by atoms with Crippen LogP contribution in [0.15, 0.2) is 0 Å². The van der Waals surface area contributed by atoms with Gasteiger partial charge < -0.3 is 15.3 Å². The minimum absolute atomic E-state index is 0.237. The van der Waals surface area contributed by atoms with Crippen LogP contribution in [0.5, 0.6) is 0 Å². The number of hydrogen-bond acceptors (Lipinski definition) is 3. The van der Waals surface area contributed by atoms with Crippen molar-refractivity contribution in [1.29, 1.82) is 0 Å². The van der Waals surface area contributed by atoms with Crippen molar-refractivity contribution >= 4 is 0 Å². The van der Waals surface area contributed by atoms with Crippen molar-refractivity contribution in [3.8, 4) is 0 Å². The van der Waals surface area contributed by atoms with Crippen LogP contribution in [0.2, 0.25) is 0 Å². The molecule has 1 aliphatic heterocycles. The van der Waals surface area contributed by atoms with Gasteiger partial charge in [-0.1, -0.05) is 0 Å². The topological polar surface area (TPSA) is 35.5 Å². The number of hydrogen-bond donors (Lipinski definition) is 2. The summed E-state index contributed by atoms with van der Waals surface area (Å²) in [5, 5.41) is 12.4. The maximum atomic E-state index is 8.91. The first-order chi connectivity index (χ1) is 6.13. The Hall–Kier alpha value is -0.120. The Morgan fingerprint density at radius 2 is 2.31 bits per heavy atom. The van der Waals surface area contributed by atoms with Crippen LogP contribution in [-0.2, 0) is 0 Å². The molecule has 1 fully saturated rings. The SMILES string of the molecule is CC1CC(N[C@H](C)CO)CCN1C. The van der Waals surface area contributed by atoms with E-state index in [0.29, 0.717) is 12.1 Å². The van der Waals surface area contributed by atoms with Crippen LogP contribution in [-0.4, -0.2) is 48.3 Å². The number of nitrogens with one attached hydrogen (secondary N) is 1. The number of aliphatic hydroxyl groups excluding tert-OH is 1. The third-order valence-electron chi connectivity index (χ3n) is 3.00. The molecular formula is C10H22N2O. The maximum absolute atomic E-state index is 8.91. The van der Waals surface area contributed by atoms with E-state index in [1.807, 2.05) is 6.92 Å². The van der Waals surface area contributed by atoms with Crippen molar-refractivity contribution in [2.45, 2.75) is 44.8 Å². The molecule has 0 aliphatic carbocycles. The molecule has 0 radical (unpaired) electrons. The van der Waals surface area contributed by atoms with Crippen LogP contribution >= 0.6 is 0 Å². The molecule has 3 nitrogen and oxygen atoms in total. The predicted molar refractivity (Wildman–Crippen MR) is 54.8 cm³/mol. The first-order valence-electron chi connectivity index (χ1n) is 5.20. The fourth-order valence-corrected chi connectivity index (χ4v) is 1.90. The highest BCUT2D eigenvalue weighted by molar-refractivity contribution is 4.82. The molecule has 2 unspecified atom stereocenters. The number of likely N-dealkylation sites (tertiary alicyclic amines) is 1. The Balaban J connectivity index is 2.29. The van der Waals surface area contributed by atoms with E-state index in [0.717, 1.165) is 6.54 Å². The molecule has 3 atom stereocenters. The molecular weight excluding hydrogens is 164 g/mol. The van der Waals surface area contributed by atoms with Crippen molar-refractivity contribution in [2.24, 2.45) is 0 Å². The monoisotopic (exact) mass is 186 g/mol. The van der Waals surface area contributed by atoms with Gasteiger partial charge in [0.05, 0.1) is 6.61 Å². The first kappa shape index (κ1) is 11.0. The lowest BCUT2D eigenvalue weighted by atomic mass is 9.98. The summed E-state index contributed by atoms with van der Waals surface area (Å²) in [6, 6.07) is 1.49. The fourth-order valence-electron chi connectivity index (χ4n) is 1.90. The van der Waals surface area contributed by atoms with E-state index in [2.05, 4.69) is 24.2 Å². The fraction of sp³-hybridized carbons (Fsp3) is 1.00. The van der Waals surface area contributed by atoms with Crippen LogP contribution < -0.4 is 5.32 Å². The van der Waals surface area contributed by atoms with Gasteiger partial charge in [-0.25, -0.2) is 0 Å². The molecule has 78 valence electrons. The minimum atomic E-state index is 0.237. The normalized spacial score (nSPS) is 33.2. The Labute approximate surface area is 81.1 Å². The molecule has 3 heteroatoms. The summed E-state index contributed by atoms with van der Waals surface area (Å²) in [5.74, 6) is 0. The van der Waals surface area contributed by atoms with Crippen molar-refractivity contribution in [3.63, 3.8) is 0 Å². The first-order valence-corrected chi connectivity index (χ1v) is 5.20. The van der Waals surface area contributed by atoms with E-state index < -0.39 is 0 Å². The highest BCUT2D eigenvalue weighted by Gasteiger charge is 2.23. The van der Waals surface area contributed by atoms with Gasteiger partial charge in [0.1, 0.15) is 0 Å². The molecule has 2 N–H and O–H groups in total. The molecule has 0 aromatic carbocycles. The number of aliphatic hydroxyl groups is 1. The number of rotatable bonds is 3. The zero-order valence-electron chi connectivity index (χ0n) is 8.95. The Bertz CT molecular complexity index is 150. The van der Waals surface area contributed by atoms with Crippen LogP contribution in [0.4, 0.5) is 0 Å². The lowest BCUT2D eigenvalue weighted by Crippen LogP contribution is -2.48. The van der Waals surface area contributed by atoms with Crippen molar-refractivity contribution < 1.29 is 5.11 Å². The Morgan fingerprint density at radius 1 is 1.62 bits per heavy atom. The number of nitrogens with zero attached hydrogens (tertiary/aromatic N) is 1. The van der Waals surface area contributed by atoms with Gasteiger partial charge in [0, 0.05) is 18.1 Å². The molecule has 13 heavy (non-hydrogen) atoms. The van der Waals surface area contributed by atoms with Crippen LogP contribution in [0.25, 0.3) is 0 Å². The van der Waals surface area contributed by atoms with Gasteiger partial charge in [-0.05, 0) is 40.3 Å². The predicted octanol–water partition coefficient (Wildman–Crippen LogP) is 0.440. The summed E-state index contributed by atoms with van der Waals surface area (Å²) in [6.45, 7) is 5.69. The van der Waals surface area contributed by atoms with Gasteiger partial charge in [0.25, 0.3) is 0 Å². The number of piperidine rings is 1. The van der Waals surface area contributed by atoms with Gasteiger partial charge in [0.2, 0.25) is 0 Å². The Morgan fingerprint density at radius 3 is 2.85 bits per heavy atom. The smallest absolute Gasteiger partial charge is 0.0582 e. The standard InChI is InChI=1S/C10H22N2O/c1-8(7-13)11-10-4-5-12(3)9(2)6-10/h8-11,13H,4-7H2,1-3H3/t8-,9?,10?/m1/s1. The van der Waals surface area contributed by atoms with Crippen molar-refractivity contribution in [1.82, 2.24) is 10.2 Å². The summed E-state index contributed by atoms with van der Waals surface area (Å²) < 4.78 is 0. The highest BCUT2D eigenvalue weighted by atomic mass is 16.3. The molecule has 0 amide bonds. The lowest BCUT2D eigenvalue weighted by molar-refractivity contribution is 0.152. The third-order valence-corrected chi connectivity index (χ3v) is 3.00. The van der Waals surface area contributed by atoms with E-state index in [1.165, 1.54) is 12.8 Å². The second-order valence-corrected chi connectivity index (χ2v) is 4.30. The van der Waals surface area contributed by atoms with Gasteiger partial charge in [-0.2, -0.15) is 0 Å². The quantitative estimate of drug-likeness (QED) is 0.671. The van der Waals surface area contributed by atoms with Gasteiger partial charge in [-0.15, -0.1) is 0 Å².